The van der Waals surface area contributed by atoms with Crippen LogP contribution in [-0.4, -0.2) is 6.54 Å². The van der Waals surface area contributed by atoms with E-state index in [9.17, 15) is 13.2 Å². The second-order valence-electron chi connectivity index (χ2n) is 5.25. The van der Waals surface area contributed by atoms with Gasteiger partial charge in [0.2, 0.25) is 0 Å². The van der Waals surface area contributed by atoms with Crippen molar-refractivity contribution in [3.05, 3.63) is 29.3 Å². The molecule has 0 atom stereocenters. The molecule has 1 saturated carbocycles. The second kappa shape index (κ2) is 6.17. The van der Waals surface area contributed by atoms with Gasteiger partial charge in [-0.3, -0.25) is 0 Å². The number of anilines is 1. The molecule has 1 aromatic rings. The van der Waals surface area contributed by atoms with Crippen molar-refractivity contribution in [1.29, 1.82) is 5.26 Å². The van der Waals surface area contributed by atoms with E-state index in [0.29, 0.717) is 12.5 Å². The minimum Gasteiger partial charge on any atom is -0.384 e. The van der Waals surface area contributed by atoms with Gasteiger partial charge in [0.25, 0.3) is 0 Å². The largest absolute Gasteiger partial charge is 0.418 e. The van der Waals surface area contributed by atoms with Crippen molar-refractivity contribution < 1.29 is 13.2 Å². The van der Waals surface area contributed by atoms with Gasteiger partial charge in [-0.1, -0.05) is 19.3 Å². The van der Waals surface area contributed by atoms with Gasteiger partial charge in [0.05, 0.1) is 17.2 Å². The lowest BCUT2D eigenvalue weighted by Crippen LogP contribution is -2.19. The van der Waals surface area contributed by atoms with Crippen LogP contribution in [0.1, 0.15) is 43.2 Å². The first-order valence-electron chi connectivity index (χ1n) is 6.86. The van der Waals surface area contributed by atoms with Crippen LogP contribution in [0.3, 0.4) is 0 Å². The number of nitriles is 1. The summed E-state index contributed by atoms with van der Waals surface area (Å²) in [7, 11) is 0. The molecule has 0 aromatic heterocycles. The Morgan fingerprint density at radius 3 is 2.50 bits per heavy atom. The molecule has 5 heteroatoms. The summed E-state index contributed by atoms with van der Waals surface area (Å²) in [5, 5.41) is 11.6. The van der Waals surface area contributed by atoms with Crippen LogP contribution < -0.4 is 5.32 Å². The van der Waals surface area contributed by atoms with E-state index < -0.39 is 11.7 Å². The van der Waals surface area contributed by atoms with Crippen molar-refractivity contribution >= 4 is 5.69 Å². The molecule has 1 N–H and O–H groups in total. The monoisotopic (exact) mass is 282 g/mol. The van der Waals surface area contributed by atoms with E-state index in [2.05, 4.69) is 5.32 Å². The Bertz CT molecular complexity index is 497. The van der Waals surface area contributed by atoms with Crippen molar-refractivity contribution in [2.75, 3.05) is 11.9 Å². The lowest BCUT2D eigenvalue weighted by molar-refractivity contribution is -0.137. The van der Waals surface area contributed by atoms with Crippen LogP contribution in [-0.2, 0) is 6.18 Å². The predicted molar refractivity (Wildman–Crippen MR) is 71.2 cm³/mol. The Morgan fingerprint density at radius 1 is 1.20 bits per heavy atom. The number of halogens is 3. The van der Waals surface area contributed by atoms with Crippen molar-refractivity contribution in [3.63, 3.8) is 0 Å². The SMILES string of the molecule is N#Cc1ccc(NCC2CCCCC2)c(C(F)(F)F)c1. The molecule has 0 saturated heterocycles. The van der Waals surface area contributed by atoms with E-state index in [-0.39, 0.29) is 11.3 Å². The van der Waals surface area contributed by atoms with Crippen LogP contribution in [0.15, 0.2) is 18.2 Å². The van der Waals surface area contributed by atoms with E-state index >= 15 is 0 Å². The number of rotatable bonds is 3. The summed E-state index contributed by atoms with van der Waals surface area (Å²) in [6.07, 6.45) is 1.25. The number of hydrogen-bond acceptors (Lipinski definition) is 2. The first-order valence-corrected chi connectivity index (χ1v) is 6.86. The fourth-order valence-corrected chi connectivity index (χ4v) is 2.65. The molecule has 1 aliphatic carbocycles. The smallest absolute Gasteiger partial charge is 0.384 e. The third-order valence-corrected chi connectivity index (χ3v) is 3.76. The van der Waals surface area contributed by atoms with Crippen molar-refractivity contribution in [2.45, 2.75) is 38.3 Å². The summed E-state index contributed by atoms with van der Waals surface area (Å²) in [5.74, 6) is 0.445. The highest BCUT2D eigenvalue weighted by Crippen LogP contribution is 2.36. The van der Waals surface area contributed by atoms with Gasteiger partial charge >= 0.3 is 6.18 Å². The standard InChI is InChI=1S/C15H17F3N2/c16-15(17,18)13-8-12(9-19)6-7-14(13)20-10-11-4-2-1-3-5-11/h6-8,11,20H,1-5,10H2. The minimum absolute atomic E-state index is 0.0283. The van der Waals surface area contributed by atoms with Crippen LogP contribution in [0.2, 0.25) is 0 Å². The van der Waals surface area contributed by atoms with Crippen LogP contribution in [0, 0.1) is 17.2 Å². The van der Waals surface area contributed by atoms with E-state index in [1.165, 1.54) is 18.6 Å². The molecule has 0 radical (unpaired) electrons. The van der Waals surface area contributed by atoms with Gasteiger partial charge in [-0.05, 0) is 37.0 Å². The molecule has 2 rings (SSSR count). The third-order valence-electron chi connectivity index (χ3n) is 3.76. The highest BCUT2D eigenvalue weighted by atomic mass is 19.4. The van der Waals surface area contributed by atoms with Gasteiger partial charge in [-0.25, -0.2) is 0 Å². The number of nitrogens with one attached hydrogen (secondary N) is 1. The third kappa shape index (κ3) is 3.66. The minimum atomic E-state index is -4.44. The molecule has 0 spiro atoms. The molecule has 2 nitrogen and oxygen atoms in total. The maximum absolute atomic E-state index is 13.0. The summed E-state index contributed by atoms with van der Waals surface area (Å²) in [6, 6.07) is 5.42. The zero-order valence-corrected chi connectivity index (χ0v) is 11.1. The van der Waals surface area contributed by atoms with Crippen molar-refractivity contribution in [2.24, 2.45) is 5.92 Å². The molecule has 0 unspecified atom stereocenters. The van der Waals surface area contributed by atoms with Crippen LogP contribution in [0.4, 0.5) is 18.9 Å². The van der Waals surface area contributed by atoms with Crippen LogP contribution in [0.5, 0.6) is 0 Å². The highest BCUT2D eigenvalue weighted by molar-refractivity contribution is 5.56. The van der Waals surface area contributed by atoms with Crippen LogP contribution >= 0.6 is 0 Å². The highest BCUT2D eigenvalue weighted by Gasteiger charge is 2.34. The summed E-state index contributed by atoms with van der Waals surface area (Å²) >= 11 is 0. The average molecular weight is 282 g/mol. The maximum Gasteiger partial charge on any atom is 0.418 e. The molecule has 0 amide bonds. The molecule has 1 aliphatic rings. The molecule has 0 heterocycles. The first kappa shape index (κ1) is 14.7. The maximum atomic E-state index is 13.0. The fourth-order valence-electron chi connectivity index (χ4n) is 2.65. The fraction of sp³-hybridized carbons (Fsp3) is 0.533. The van der Waals surface area contributed by atoms with E-state index in [1.807, 2.05) is 0 Å². The Balaban J connectivity index is 2.12. The molecular formula is C15H17F3N2. The first-order chi connectivity index (χ1) is 9.50. The van der Waals surface area contributed by atoms with Gasteiger partial charge in [0.15, 0.2) is 0 Å². The van der Waals surface area contributed by atoms with Gasteiger partial charge in [0.1, 0.15) is 0 Å². The molecule has 0 bridgehead atoms. The Morgan fingerprint density at radius 2 is 1.90 bits per heavy atom. The Labute approximate surface area is 116 Å². The van der Waals surface area contributed by atoms with E-state index in [1.54, 1.807) is 6.07 Å². The topological polar surface area (TPSA) is 35.8 Å². The Hall–Kier alpha value is -1.70. The van der Waals surface area contributed by atoms with Gasteiger partial charge in [-0.15, -0.1) is 0 Å². The number of hydrogen-bond donors (Lipinski definition) is 1. The van der Waals surface area contributed by atoms with Gasteiger partial charge in [0, 0.05) is 12.2 Å². The summed E-state index contributed by atoms with van der Waals surface area (Å²) in [6.45, 7) is 0.564. The lowest BCUT2D eigenvalue weighted by atomic mass is 9.89. The van der Waals surface area contributed by atoms with E-state index in [0.717, 1.165) is 31.7 Å². The normalized spacial score (nSPS) is 16.7. The zero-order chi connectivity index (χ0) is 14.6. The molecule has 1 fully saturated rings. The molecule has 108 valence electrons. The molecule has 1 aromatic carbocycles. The second-order valence-corrected chi connectivity index (χ2v) is 5.25. The van der Waals surface area contributed by atoms with Crippen molar-refractivity contribution in [3.8, 4) is 6.07 Å². The van der Waals surface area contributed by atoms with Crippen molar-refractivity contribution in [1.82, 2.24) is 0 Å². The summed E-state index contributed by atoms with van der Waals surface area (Å²) < 4.78 is 38.9. The molecular weight excluding hydrogens is 265 g/mol. The van der Waals surface area contributed by atoms with Gasteiger partial charge < -0.3 is 5.32 Å². The molecule has 0 aliphatic heterocycles. The predicted octanol–water partition coefficient (Wildman–Crippen LogP) is 4.57. The quantitative estimate of drug-likeness (QED) is 0.881. The van der Waals surface area contributed by atoms with E-state index in [4.69, 9.17) is 5.26 Å². The Kier molecular flexibility index (Phi) is 4.53. The molecule has 20 heavy (non-hydrogen) atoms. The number of benzene rings is 1. The number of nitrogens with zero attached hydrogens (tertiary/aromatic N) is 1. The lowest BCUT2D eigenvalue weighted by Gasteiger charge is -2.23. The summed E-state index contributed by atoms with van der Waals surface area (Å²) in [5.41, 5.74) is -0.657. The average Bonchev–Trinajstić information content (AvgIpc) is 2.45. The summed E-state index contributed by atoms with van der Waals surface area (Å²) in [4.78, 5) is 0. The van der Waals surface area contributed by atoms with Crippen LogP contribution in [0.25, 0.3) is 0 Å². The number of alkyl halides is 3. The zero-order valence-electron chi connectivity index (χ0n) is 11.1. The van der Waals surface area contributed by atoms with Gasteiger partial charge in [-0.2, -0.15) is 18.4 Å².